The number of amides is 1. The van der Waals surface area contributed by atoms with Crippen LogP contribution in [0.2, 0.25) is 0 Å². The molecule has 1 aromatic heterocycles. The molecule has 1 atom stereocenters. The number of benzene rings is 2. The first-order chi connectivity index (χ1) is 15.9. The molecule has 3 aromatic rings. The molecule has 6 nitrogen and oxygen atoms in total. The summed E-state index contributed by atoms with van der Waals surface area (Å²) in [5.74, 6) is 0.323. The number of nitrogens with zero attached hydrogens (tertiary/aromatic N) is 3. The van der Waals surface area contributed by atoms with E-state index < -0.39 is 22.5 Å². The fraction of sp³-hybridized carbons (Fsp3) is 0.348. The Morgan fingerprint density at radius 2 is 1.82 bits per heavy atom. The minimum absolute atomic E-state index is 0.124. The lowest BCUT2D eigenvalue weighted by Crippen LogP contribution is -2.59. The largest absolute Gasteiger partial charge is 0.416 e. The van der Waals surface area contributed by atoms with Gasteiger partial charge in [0.25, 0.3) is 0 Å². The van der Waals surface area contributed by atoms with Gasteiger partial charge in [-0.1, -0.05) is 67.4 Å². The van der Waals surface area contributed by atoms with Gasteiger partial charge in [0.05, 0.1) is 11.1 Å². The monoisotopic (exact) mass is 473 g/mol. The standard InChI is InChI=1S/C23H22F3N5OS/c24-23(25,26)16-10-7-11-17(14-16)27-20(32)18-22(12-5-2-6-13-22)30-31-19(28-29-21(31)33-18)15-8-3-1-4-9-15/h1,3-4,7-11,14,18,30H,2,5-6,12-13H2,(H,27,32). The highest BCUT2D eigenvalue weighted by molar-refractivity contribution is 8.00. The first-order valence-electron chi connectivity index (χ1n) is 10.8. The van der Waals surface area contributed by atoms with Crippen LogP contribution in [0.3, 0.4) is 0 Å². The van der Waals surface area contributed by atoms with Crippen molar-refractivity contribution in [3.63, 3.8) is 0 Å². The molecule has 172 valence electrons. The van der Waals surface area contributed by atoms with Crippen molar-refractivity contribution in [2.75, 3.05) is 10.7 Å². The maximum absolute atomic E-state index is 13.4. The topological polar surface area (TPSA) is 71.8 Å². The van der Waals surface area contributed by atoms with Crippen molar-refractivity contribution >= 4 is 23.4 Å². The number of aromatic nitrogens is 3. The van der Waals surface area contributed by atoms with Crippen LogP contribution in [0.1, 0.15) is 37.7 Å². The van der Waals surface area contributed by atoms with Crippen LogP contribution in [0.25, 0.3) is 11.4 Å². The van der Waals surface area contributed by atoms with E-state index in [2.05, 4.69) is 20.9 Å². The minimum Gasteiger partial charge on any atom is -0.325 e. The Kier molecular flexibility index (Phi) is 5.55. The number of alkyl halides is 3. The summed E-state index contributed by atoms with van der Waals surface area (Å²) in [4.78, 5) is 13.4. The van der Waals surface area contributed by atoms with E-state index in [0.29, 0.717) is 11.0 Å². The van der Waals surface area contributed by atoms with Crippen molar-refractivity contribution in [2.24, 2.45) is 0 Å². The average Bonchev–Trinajstić information content (AvgIpc) is 3.21. The normalized spacial score (nSPS) is 19.5. The number of thioether (sulfide) groups is 1. The van der Waals surface area contributed by atoms with Gasteiger partial charge in [0.15, 0.2) is 5.82 Å². The molecule has 2 aliphatic rings. The lowest BCUT2D eigenvalue weighted by Gasteiger charge is -2.46. The number of fused-ring (bicyclic) bond motifs is 1. The van der Waals surface area contributed by atoms with E-state index in [1.807, 2.05) is 35.0 Å². The van der Waals surface area contributed by atoms with E-state index in [0.717, 1.165) is 49.8 Å². The number of halogens is 3. The number of rotatable bonds is 3. The van der Waals surface area contributed by atoms with Crippen LogP contribution in [0.5, 0.6) is 0 Å². The van der Waals surface area contributed by atoms with Crippen LogP contribution in [0.15, 0.2) is 59.8 Å². The molecule has 1 saturated carbocycles. The predicted molar refractivity (Wildman–Crippen MR) is 120 cm³/mol. The Bertz CT molecular complexity index is 1160. The summed E-state index contributed by atoms with van der Waals surface area (Å²) in [7, 11) is 0. The number of nitrogens with one attached hydrogen (secondary N) is 2. The van der Waals surface area contributed by atoms with Gasteiger partial charge < -0.3 is 10.7 Å². The van der Waals surface area contributed by atoms with Gasteiger partial charge in [-0.15, -0.1) is 10.2 Å². The van der Waals surface area contributed by atoms with Gasteiger partial charge in [-0.25, -0.2) is 4.68 Å². The van der Waals surface area contributed by atoms with Crippen molar-refractivity contribution in [2.45, 2.75) is 54.2 Å². The quantitative estimate of drug-likeness (QED) is 0.539. The molecule has 5 rings (SSSR count). The summed E-state index contributed by atoms with van der Waals surface area (Å²) in [6.45, 7) is 0. The fourth-order valence-corrected chi connectivity index (χ4v) is 5.78. The summed E-state index contributed by atoms with van der Waals surface area (Å²) in [6, 6.07) is 14.4. The molecule has 1 spiro atoms. The summed E-state index contributed by atoms with van der Waals surface area (Å²) < 4.78 is 41.2. The fourth-order valence-electron chi connectivity index (χ4n) is 4.56. The minimum atomic E-state index is -4.48. The molecule has 1 aliphatic heterocycles. The predicted octanol–water partition coefficient (Wildman–Crippen LogP) is 5.32. The highest BCUT2D eigenvalue weighted by atomic mass is 32.2. The lowest BCUT2D eigenvalue weighted by atomic mass is 9.79. The van der Waals surface area contributed by atoms with Crippen LogP contribution < -0.4 is 10.7 Å². The summed E-state index contributed by atoms with van der Waals surface area (Å²) in [5, 5.41) is 11.3. The molecule has 33 heavy (non-hydrogen) atoms. The van der Waals surface area contributed by atoms with E-state index in [4.69, 9.17) is 0 Å². The van der Waals surface area contributed by atoms with Crippen LogP contribution in [0, 0.1) is 0 Å². The van der Waals surface area contributed by atoms with E-state index in [9.17, 15) is 18.0 Å². The molecule has 2 aromatic carbocycles. The first-order valence-corrected chi connectivity index (χ1v) is 11.7. The first kappa shape index (κ1) is 21.8. The van der Waals surface area contributed by atoms with E-state index in [-0.39, 0.29) is 11.6 Å². The Morgan fingerprint density at radius 3 is 2.55 bits per heavy atom. The Morgan fingerprint density at radius 1 is 1.06 bits per heavy atom. The molecule has 1 amide bonds. The Labute approximate surface area is 192 Å². The molecule has 1 aliphatic carbocycles. The molecule has 10 heteroatoms. The highest BCUT2D eigenvalue weighted by Gasteiger charge is 2.49. The lowest BCUT2D eigenvalue weighted by molar-refractivity contribution is -0.137. The van der Waals surface area contributed by atoms with E-state index >= 15 is 0 Å². The number of hydrogen-bond acceptors (Lipinski definition) is 5. The number of hydrogen-bond donors (Lipinski definition) is 2. The van der Waals surface area contributed by atoms with Crippen molar-refractivity contribution in [1.29, 1.82) is 0 Å². The molecule has 1 unspecified atom stereocenters. The van der Waals surface area contributed by atoms with Gasteiger partial charge in [-0.05, 0) is 31.0 Å². The molecule has 0 radical (unpaired) electrons. The Hall–Kier alpha value is -3.01. The van der Waals surface area contributed by atoms with E-state index in [1.54, 1.807) is 0 Å². The van der Waals surface area contributed by atoms with Crippen molar-refractivity contribution in [1.82, 2.24) is 14.9 Å². The van der Waals surface area contributed by atoms with Crippen LogP contribution >= 0.6 is 11.8 Å². The molecule has 0 bridgehead atoms. The van der Waals surface area contributed by atoms with Gasteiger partial charge in [-0.2, -0.15) is 13.2 Å². The van der Waals surface area contributed by atoms with Gasteiger partial charge in [0.2, 0.25) is 11.1 Å². The third-order valence-corrected chi connectivity index (χ3v) is 7.54. The number of carbonyl (C=O) groups excluding carboxylic acids is 1. The van der Waals surface area contributed by atoms with Gasteiger partial charge in [0.1, 0.15) is 5.25 Å². The zero-order valence-electron chi connectivity index (χ0n) is 17.6. The molecule has 2 heterocycles. The summed E-state index contributed by atoms with van der Waals surface area (Å²) in [5.41, 5.74) is 3.23. The van der Waals surface area contributed by atoms with Crippen LogP contribution in [-0.4, -0.2) is 31.6 Å². The van der Waals surface area contributed by atoms with Gasteiger partial charge in [0, 0.05) is 11.3 Å². The number of anilines is 1. The second-order valence-electron chi connectivity index (χ2n) is 8.40. The Balaban J connectivity index is 1.46. The van der Waals surface area contributed by atoms with Crippen molar-refractivity contribution in [3.8, 4) is 11.4 Å². The third-order valence-electron chi connectivity index (χ3n) is 6.17. The van der Waals surface area contributed by atoms with Crippen molar-refractivity contribution < 1.29 is 18.0 Å². The smallest absolute Gasteiger partial charge is 0.325 e. The zero-order chi connectivity index (χ0) is 23.1. The van der Waals surface area contributed by atoms with Crippen LogP contribution in [-0.2, 0) is 11.0 Å². The molecule has 1 fully saturated rings. The van der Waals surface area contributed by atoms with Crippen molar-refractivity contribution in [3.05, 3.63) is 60.2 Å². The maximum atomic E-state index is 13.4. The molecule has 2 N–H and O–H groups in total. The zero-order valence-corrected chi connectivity index (χ0v) is 18.4. The SMILES string of the molecule is O=C(Nc1cccc(C(F)(F)F)c1)C1Sc2nnc(-c3ccccc3)n2NC12CCCCC2. The third kappa shape index (κ3) is 4.19. The second-order valence-corrected chi connectivity index (χ2v) is 9.47. The summed E-state index contributed by atoms with van der Waals surface area (Å²) >= 11 is 1.31. The van der Waals surface area contributed by atoms with Gasteiger partial charge >= 0.3 is 6.18 Å². The van der Waals surface area contributed by atoms with E-state index in [1.165, 1.54) is 23.9 Å². The maximum Gasteiger partial charge on any atom is 0.416 e. The molecular formula is C23H22F3N5OS. The average molecular weight is 474 g/mol. The summed E-state index contributed by atoms with van der Waals surface area (Å²) in [6.07, 6.45) is 0.0600. The second kappa shape index (κ2) is 8.40. The van der Waals surface area contributed by atoms with Gasteiger partial charge in [-0.3, -0.25) is 4.79 Å². The molecule has 0 saturated heterocycles. The number of carbonyl (C=O) groups is 1. The van der Waals surface area contributed by atoms with Crippen LogP contribution in [0.4, 0.5) is 18.9 Å². The highest BCUT2D eigenvalue weighted by Crippen LogP contribution is 2.44. The molecular weight excluding hydrogens is 451 g/mol.